The lowest BCUT2D eigenvalue weighted by Crippen LogP contribution is -2.21. The number of methoxy groups -OCH3 is 1. The second kappa shape index (κ2) is 5.98. The molecule has 1 atom stereocenters. The van der Waals surface area contributed by atoms with Crippen molar-refractivity contribution in [1.82, 2.24) is 0 Å². The summed E-state index contributed by atoms with van der Waals surface area (Å²) in [4.78, 5) is 10.2. The van der Waals surface area contributed by atoms with Crippen molar-refractivity contribution in [3.05, 3.63) is 28.0 Å². The number of rotatable bonds is 5. The molecule has 0 aliphatic rings. The molecule has 0 aromatic heterocycles. The molecule has 0 radical (unpaired) electrons. The lowest BCUT2D eigenvalue weighted by atomic mass is 10.2. The molecule has 0 aliphatic carbocycles. The largest absolute Gasteiger partial charge is 0.478 e. The summed E-state index contributed by atoms with van der Waals surface area (Å²) in [6.07, 6.45) is -0.628. The molecule has 1 aromatic rings. The van der Waals surface area contributed by atoms with Gasteiger partial charge in [0.05, 0.1) is 17.4 Å². The number of carboxylic acid groups (broad SMARTS) is 1. The van der Waals surface area contributed by atoms with E-state index in [2.05, 4.69) is 15.9 Å². The van der Waals surface area contributed by atoms with Crippen LogP contribution in [-0.2, 0) is 14.6 Å². The van der Waals surface area contributed by atoms with Gasteiger partial charge in [0.25, 0.3) is 0 Å². The Bertz CT molecular complexity index is 599. The average Bonchev–Trinajstić information content (AvgIpc) is 2.30. The number of aromatic carboxylic acids is 1. The Balaban J connectivity index is 3.39. The number of hydrogen-bond acceptors (Lipinski definition) is 4. The van der Waals surface area contributed by atoms with E-state index in [-0.39, 0.29) is 4.47 Å². The van der Waals surface area contributed by atoms with E-state index in [0.29, 0.717) is 0 Å². The van der Waals surface area contributed by atoms with Crippen LogP contribution in [0.4, 0.5) is 4.39 Å². The first-order chi connectivity index (χ1) is 8.69. The van der Waals surface area contributed by atoms with E-state index in [1.807, 2.05) is 0 Å². The van der Waals surface area contributed by atoms with E-state index in [1.165, 1.54) is 14.0 Å². The molecule has 5 nitrogen and oxygen atoms in total. The average molecular weight is 355 g/mol. The molecule has 0 bridgehead atoms. The van der Waals surface area contributed by atoms with Crippen molar-refractivity contribution < 1.29 is 27.4 Å². The molecule has 0 saturated carbocycles. The van der Waals surface area contributed by atoms with Crippen LogP contribution in [0.1, 0.15) is 17.3 Å². The molecule has 19 heavy (non-hydrogen) atoms. The molecule has 1 rings (SSSR count). The SMILES string of the molecule is COC(C)CS(=O)(=O)c1cc(Br)cc(C(=O)O)c1F. The quantitative estimate of drug-likeness (QED) is 0.875. The zero-order valence-electron chi connectivity index (χ0n) is 10.2. The molecule has 0 heterocycles. The van der Waals surface area contributed by atoms with Crippen molar-refractivity contribution in [2.24, 2.45) is 0 Å². The van der Waals surface area contributed by atoms with Gasteiger partial charge in [0.1, 0.15) is 4.90 Å². The first kappa shape index (κ1) is 16.1. The van der Waals surface area contributed by atoms with E-state index >= 15 is 0 Å². The molecule has 8 heteroatoms. The third kappa shape index (κ3) is 3.74. The van der Waals surface area contributed by atoms with Crippen LogP contribution in [0.5, 0.6) is 0 Å². The van der Waals surface area contributed by atoms with Gasteiger partial charge in [-0.25, -0.2) is 17.6 Å². The molecule has 0 fully saturated rings. The molecule has 0 amide bonds. The summed E-state index contributed by atoms with van der Waals surface area (Å²) in [6, 6.07) is 2.05. The number of hydrogen-bond donors (Lipinski definition) is 1. The number of halogens is 2. The number of carboxylic acids is 1. The summed E-state index contributed by atoms with van der Waals surface area (Å²) in [6.45, 7) is 1.52. The summed E-state index contributed by atoms with van der Waals surface area (Å²) >= 11 is 2.97. The second-order valence-corrected chi connectivity index (χ2v) is 6.82. The third-order valence-corrected chi connectivity index (χ3v) is 4.76. The Morgan fingerprint density at radius 2 is 2.11 bits per heavy atom. The minimum atomic E-state index is -3.97. The van der Waals surface area contributed by atoms with E-state index in [9.17, 15) is 17.6 Å². The maximum atomic E-state index is 13.9. The Hall–Kier alpha value is -0.990. The van der Waals surface area contributed by atoms with Crippen LogP contribution in [0.3, 0.4) is 0 Å². The van der Waals surface area contributed by atoms with Gasteiger partial charge in [-0.15, -0.1) is 0 Å². The fraction of sp³-hybridized carbons (Fsp3) is 0.364. The van der Waals surface area contributed by atoms with Crippen molar-refractivity contribution in [3.63, 3.8) is 0 Å². The number of sulfone groups is 1. The fourth-order valence-electron chi connectivity index (χ4n) is 1.41. The van der Waals surface area contributed by atoms with Crippen molar-refractivity contribution >= 4 is 31.7 Å². The van der Waals surface area contributed by atoms with E-state index in [1.54, 1.807) is 0 Å². The van der Waals surface area contributed by atoms with Crippen LogP contribution < -0.4 is 0 Å². The van der Waals surface area contributed by atoms with Gasteiger partial charge < -0.3 is 9.84 Å². The fourth-order valence-corrected chi connectivity index (χ4v) is 3.65. The van der Waals surface area contributed by atoms with Crippen molar-refractivity contribution in [3.8, 4) is 0 Å². The van der Waals surface area contributed by atoms with Gasteiger partial charge in [-0.3, -0.25) is 0 Å². The van der Waals surface area contributed by atoms with Crippen LogP contribution in [0.25, 0.3) is 0 Å². The first-order valence-corrected chi connectivity index (χ1v) is 7.61. The Morgan fingerprint density at radius 1 is 1.53 bits per heavy atom. The minimum absolute atomic E-state index is 0.176. The van der Waals surface area contributed by atoms with Crippen LogP contribution in [-0.4, -0.2) is 38.5 Å². The molecule has 1 aromatic carbocycles. The van der Waals surface area contributed by atoms with Crippen LogP contribution >= 0.6 is 15.9 Å². The van der Waals surface area contributed by atoms with Crippen LogP contribution in [0.15, 0.2) is 21.5 Å². The molecule has 0 saturated heterocycles. The number of carbonyl (C=O) groups is 1. The molecular formula is C11H12BrFO5S. The highest BCUT2D eigenvalue weighted by molar-refractivity contribution is 9.10. The number of ether oxygens (including phenoxy) is 1. The normalized spacial score (nSPS) is 13.3. The summed E-state index contributed by atoms with van der Waals surface area (Å²) in [7, 11) is -2.64. The minimum Gasteiger partial charge on any atom is -0.478 e. The Morgan fingerprint density at radius 3 is 2.58 bits per heavy atom. The highest BCUT2D eigenvalue weighted by atomic mass is 79.9. The number of benzene rings is 1. The Kier molecular flexibility index (Phi) is 5.05. The first-order valence-electron chi connectivity index (χ1n) is 5.17. The topological polar surface area (TPSA) is 80.7 Å². The van der Waals surface area contributed by atoms with Crippen LogP contribution in [0.2, 0.25) is 0 Å². The monoisotopic (exact) mass is 354 g/mol. The molecule has 106 valence electrons. The van der Waals surface area contributed by atoms with Gasteiger partial charge >= 0.3 is 5.97 Å². The van der Waals surface area contributed by atoms with Crippen molar-refractivity contribution in [2.75, 3.05) is 12.9 Å². The Labute approximate surface area is 118 Å². The maximum absolute atomic E-state index is 13.9. The summed E-state index contributed by atoms with van der Waals surface area (Å²) < 4.78 is 43.0. The maximum Gasteiger partial charge on any atom is 0.338 e. The van der Waals surface area contributed by atoms with Crippen LogP contribution in [0, 0.1) is 5.82 Å². The van der Waals surface area contributed by atoms with Gasteiger partial charge in [0.15, 0.2) is 15.7 Å². The predicted octanol–water partition coefficient (Wildman–Crippen LogP) is 2.10. The molecule has 0 aliphatic heterocycles. The molecule has 0 spiro atoms. The molecule has 1 N–H and O–H groups in total. The summed E-state index contributed by atoms with van der Waals surface area (Å²) in [5, 5.41) is 8.83. The third-order valence-electron chi connectivity index (χ3n) is 2.43. The standard InChI is InChI=1S/C11H12BrFO5S/c1-6(18-2)5-19(16,17)9-4-7(12)3-8(10(9)13)11(14)15/h3-4,6H,5H2,1-2H3,(H,14,15). The van der Waals surface area contributed by atoms with E-state index < -0.39 is 43.9 Å². The van der Waals surface area contributed by atoms with Gasteiger partial charge in [0.2, 0.25) is 0 Å². The smallest absolute Gasteiger partial charge is 0.338 e. The molecular weight excluding hydrogens is 343 g/mol. The highest BCUT2D eigenvalue weighted by Crippen LogP contribution is 2.25. The zero-order chi connectivity index (χ0) is 14.8. The zero-order valence-corrected chi connectivity index (χ0v) is 12.6. The van der Waals surface area contributed by atoms with Gasteiger partial charge in [-0.05, 0) is 19.1 Å². The lowest BCUT2D eigenvalue weighted by Gasteiger charge is -2.12. The summed E-state index contributed by atoms with van der Waals surface area (Å²) in [5.74, 6) is -3.23. The van der Waals surface area contributed by atoms with Crippen molar-refractivity contribution in [1.29, 1.82) is 0 Å². The lowest BCUT2D eigenvalue weighted by molar-refractivity contribution is 0.0691. The predicted molar refractivity (Wildman–Crippen MR) is 69.6 cm³/mol. The highest BCUT2D eigenvalue weighted by Gasteiger charge is 2.26. The van der Waals surface area contributed by atoms with Crippen molar-refractivity contribution in [2.45, 2.75) is 17.9 Å². The van der Waals surface area contributed by atoms with E-state index in [0.717, 1.165) is 12.1 Å². The molecule has 1 unspecified atom stereocenters. The van der Waals surface area contributed by atoms with E-state index in [4.69, 9.17) is 9.84 Å². The van der Waals surface area contributed by atoms with Gasteiger partial charge in [0, 0.05) is 11.6 Å². The summed E-state index contributed by atoms with van der Waals surface area (Å²) in [5.41, 5.74) is -0.696. The second-order valence-electron chi connectivity index (χ2n) is 3.90. The van der Waals surface area contributed by atoms with Gasteiger partial charge in [-0.2, -0.15) is 0 Å². The van der Waals surface area contributed by atoms with Gasteiger partial charge in [-0.1, -0.05) is 15.9 Å².